The number of pyridine rings is 1. The summed E-state index contributed by atoms with van der Waals surface area (Å²) in [5.74, 6) is 0.416. The lowest BCUT2D eigenvalue weighted by molar-refractivity contribution is 0.775. The largest absolute Gasteiger partial charge is 0.330 e. The highest BCUT2D eigenvalue weighted by atomic mass is 14.6. The van der Waals surface area contributed by atoms with Crippen molar-refractivity contribution in [2.75, 3.05) is 6.54 Å². The van der Waals surface area contributed by atoms with Crippen molar-refractivity contribution in [2.45, 2.75) is 12.8 Å². The molecule has 1 heterocycles. The van der Waals surface area contributed by atoms with E-state index in [0.717, 1.165) is 5.52 Å². The van der Waals surface area contributed by atoms with E-state index in [1.807, 2.05) is 12.3 Å². The van der Waals surface area contributed by atoms with Gasteiger partial charge in [-0.1, -0.05) is 19.1 Å². The van der Waals surface area contributed by atoms with Crippen molar-refractivity contribution >= 4 is 10.9 Å². The van der Waals surface area contributed by atoms with E-state index in [1.54, 1.807) is 0 Å². The third-order valence-electron chi connectivity index (χ3n) is 2.55. The Labute approximate surface area is 83.8 Å². The lowest BCUT2D eigenvalue weighted by atomic mass is 10.00. The van der Waals surface area contributed by atoms with E-state index in [0.29, 0.717) is 12.5 Å². The molecule has 2 heteroatoms. The molecule has 0 amide bonds. The number of hydrogen-bond acceptors (Lipinski definition) is 2. The van der Waals surface area contributed by atoms with Crippen LogP contribution in [0.25, 0.3) is 10.9 Å². The Morgan fingerprint density at radius 2 is 2.21 bits per heavy atom. The first kappa shape index (κ1) is 9.16. The van der Waals surface area contributed by atoms with Crippen molar-refractivity contribution < 1.29 is 0 Å². The molecular weight excluding hydrogens is 172 g/mol. The summed E-state index contributed by atoms with van der Waals surface area (Å²) in [7, 11) is 0. The van der Waals surface area contributed by atoms with Gasteiger partial charge in [0.25, 0.3) is 0 Å². The van der Waals surface area contributed by atoms with Crippen LogP contribution in [-0.4, -0.2) is 11.5 Å². The first-order chi connectivity index (χ1) is 6.81. The van der Waals surface area contributed by atoms with Gasteiger partial charge < -0.3 is 5.73 Å². The molecular formula is C12H14N2. The summed E-state index contributed by atoms with van der Waals surface area (Å²) >= 11 is 0. The van der Waals surface area contributed by atoms with Gasteiger partial charge in [-0.15, -0.1) is 0 Å². The first-order valence-electron chi connectivity index (χ1n) is 4.86. The zero-order valence-electron chi connectivity index (χ0n) is 8.27. The average Bonchev–Trinajstić information content (AvgIpc) is 2.27. The van der Waals surface area contributed by atoms with Gasteiger partial charge in [-0.25, -0.2) is 0 Å². The highest BCUT2D eigenvalue weighted by Crippen LogP contribution is 2.19. The Morgan fingerprint density at radius 3 is 3.00 bits per heavy atom. The molecule has 1 atom stereocenters. The van der Waals surface area contributed by atoms with E-state index in [9.17, 15) is 0 Å². The summed E-state index contributed by atoms with van der Waals surface area (Å²) in [6.07, 6.45) is 1.81. The van der Waals surface area contributed by atoms with Gasteiger partial charge in [-0.2, -0.15) is 0 Å². The van der Waals surface area contributed by atoms with Crippen molar-refractivity contribution in [3.63, 3.8) is 0 Å². The lowest BCUT2D eigenvalue weighted by Gasteiger charge is -2.09. The quantitative estimate of drug-likeness (QED) is 0.781. The monoisotopic (exact) mass is 186 g/mol. The maximum absolute atomic E-state index is 5.63. The average molecular weight is 186 g/mol. The van der Waals surface area contributed by atoms with Gasteiger partial charge in [0.2, 0.25) is 0 Å². The number of nitrogens with two attached hydrogens (primary N) is 1. The number of hydrogen-bond donors (Lipinski definition) is 1. The van der Waals surface area contributed by atoms with Gasteiger partial charge in [0.15, 0.2) is 0 Å². The van der Waals surface area contributed by atoms with Crippen LogP contribution < -0.4 is 5.73 Å². The molecule has 0 unspecified atom stereocenters. The van der Waals surface area contributed by atoms with E-state index >= 15 is 0 Å². The molecule has 0 aliphatic carbocycles. The number of nitrogens with zero attached hydrogens (tertiary/aromatic N) is 1. The predicted octanol–water partition coefficient (Wildman–Crippen LogP) is 2.30. The summed E-state index contributed by atoms with van der Waals surface area (Å²) in [4.78, 5) is 4.28. The van der Waals surface area contributed by atoms with Gasteiger partial charge in [0.05, 0.1) is 5.52 Å². The number of benzene rings is 1. The van der Waals surface area contributed by atoms with Crippen LogP contribution in [-0.2, 0) is 0 Å². The lowest BCUT2D eigenvalue weighted by Crippen LogP contribution is -2.08. The van der Waals surface area contributed by atoms with Crippen LogP contribution in [0.2, 0.25) is 0 Å². The molecule has 0 bridgehead atoms. The molecule has 0 aliphatic heterocycles. The van der Waals surface area contributed by atoms with E-state index in [-0.39, 0.29) is 0 Å². The minimum atomic E-state index is 0.416. The summed E-state index contributed by atoms with van der Waals surface area (Å²) in [5, 5.41) is 1.19. The molecule has 0 spiro atoms. The van der Waals surface area contributed by atoms with Crippen LogP contribution in [0.3, 0.4) is 0 Å². The van der Waals surface area contributed by atoms with Crippen LogP contribution in [0.5, 0.6) is 0 Å². The summed E-state index contributed by atoms with van der Waals surface area (Å²) in [5.41, 5.74) is 7.96. The zero-order valence-corrected chi connectivity index (χ0v) is 8.27. The predicted molar refractivity (Wildman–Crippen MR) is 59.2 cm³/mol. The fraction of sp³-hybridized carbons (Fsp3) is 0.250. The van der Waals surface area contributed by atoms with Gasteiger partial charge >= 0.3 is 0 Å². The fourth-order valence-corrected chi connectivity index (χ4v) is 1.54. The maximum atomic E-state index is 5.63. The minimum Gasteiger partial charge on any atom is -0.330 e. The smallest absolute Gasteiger partial charge is 0.0702 e. The second-order valence-electron chi connectivity index (χ2n) is 3.59. The molecule has 2 nitrogen and oxygen atoms in total. The fourth-order valence-electron chi connectivity index (χ4n) is 1.54. The van der Waals surface area contributed by atoms with Crippen molar-refractivity contribution in [3.8, 4) is 0 Å². The van der Waals surface area contributed by atoms with Crippen molar-refractivity contribution in [1.82, 2.24) is 4.98 Å². The molecule has 1 aromatic carbocycles. The molecule has 2 rings (SSSR count). The second kappa shape index (κ2) is 3.76. The molecule has 0 fully saturated rings. The Kier molecular flexibility index (Phi) is 2.46. The summed E-state index contributed by atoms with van der Waals surface area (Å²) in [6, 6.07) is 10.4. The van der Waals surface area contributed by atoms with Crippen LogP contribution >= 0.6 is 0 Å². The molecule has 72 valence electrons. The van der Waals surface area contributed by atoms with Crippen molar-refractivity contribution in [1.29, 1.82) is 0 Å². The molecule has 14 heavy (non-hydrogen) atoms. The number of fused-ring (bicyclic) bond motifs is 1. The molecule has 0 saturated heterocycles. The number of rotatable bonds is 2. The molecule has 0 aliphatic rings. The standard InChI is InChI=1S/C12H14N2/c1-9(8-13)10-4-5-12-11(7-10)3-2-6-14-12/h2-7,9H,8,13H2,1H3/t9-/m1/s1. The number of aromatic nitrogens is 1. The van der Waals surface area contributed by atoms with Crippen LogP contribution in [0.15, 0.2) is 36.5 Å². The highest BCUT2D eigenvalue weighted by Gasteiger charge is 2.03. The van der Waals surface area contributed by atoms with Gasteiger partial charge in [0, 0.05) is 11.6 Å². The van der Waals surface area contributed by atoms with E-state index < -0.39 is 0 Å². The maximum Gasteiger partial charge on any atom is 0.0702 e. The normalized spacial score (nSPS) is 13.0. The SMILES string of the molecule is C[C@H](CN)c1ccc2ncccc2c1. The van der Waals surface area contributed by atoms with Crippen LogP contribution in [0.1, 0.15) is 18.4 Å². The topological polar surface area (TPSA) is 38.9 Å². The molecule has 2 N–H and O–H groups in total. The zero-order chi connectivity index (χ0) is 9.97. The molecule has 1 aromatic heterocycles. The summed E-state index contributed by atoms with van der Waals surface area (Å²) < 4.78 is 0. The van der Waals surface area contributed by atoms with Crippen molar-refractivity contribution in [3.05, 3.63) is 42.1 Å². The van der Waals surface area contributed by atoms with Gasteiger partial charge in [-0.3, -0.25) is 4.98 Å². The van der Waals surface area contributed by atoms with E-state index in [2.05, 4.69) is 36.2 Å². The Balaban J connectivity index is 2.51. The summed E-state index contributed by atoms with van der Waals surface area (Å²) in [6.45, 7) is 2.82. The third-order valence-corrected chi connectivity index (χ3v) is 2.55. The van der Waals surface area contributed by atoms with Gasteiger partial charge in [0.1, 0.15) is 0 Å². The van der Waals surface area contributed by atoms with Crippen molar-refractivity contribution in [2.24, 2.45) is 5.73 Å². The second-order valence-corrected chi connectivity index (χ2v) is 3.59. The van der Waals surface area contributed by atoms with Crippen LogP contribution in [0, 0.1) is 0 Å². The minimum absolute atomic E-state index is 0.416. The molecule has 2 aromatic rings. The third kappa shape index (κ3) is 1.61. The van der Waals surface area contributed by atoms with E-state index in [4.69, 9.17) is 5.73 Å². The molecule has 0 radical (unpaired) electrons. The van der Waals surface area contributed by atoms with Gasteiger partial charge in [-0.05, 0) is 36.2 Å². The first-order valence-corrected chi connectivity index (χ1v) is 4.86. The van der Waals surface area contributed by atoms with E-state index in [1.165, 1.54) is 10.9 Å². The highest BCUT2D eigenvalue weighted by molar-refractivity contribution is 5.79. The van der Waals surface area contributed by atoms with Crippen LogP contribution in [0.4, 0.5) is 0 Å². The Bertz CT molecular complexity index is 437. The Hall–Kier alpha value is -1.41. The Morgan fingerprint density at radius 1 is 1.36 bits per heavy atom. The molecule has 0 saturated carbocycles.